The van der Waals surface area contributed by atoms with Crippen molar-refractivity contribution >= 4 is 0 Å². The Morgan fingerprint density at radius 3 is 2.89 bits per heavy atom. The fourth-order valence-corrected chi connectivity index (χ4v) is 2.42. The van der Waals surface area contributed by atoms with Crippen molar-refractivity contribution < 1.29 is 9.84 Å². The highest BCUT2D eigenvalue weighted by Gasteiger charge is 2.29. The Bertz CT molecular complexity index is 390. The molecule has 0 saturated heterocycles. The molecule has 3 heteroatoms. The van der Waals surface area contributed by atoms with Crippen LogP contribution in [0.1, 0.15) is 24.8 Å². The number of likely N-dealkylation sites (N-methyl/N-ethyl adjacent to an activating group) is 1. The van der Waals surface area contributed by atoms with Crippen molar-refractivity contribution in [3.8, 4) is 5.75 Å². The van der Waals surface area contributed by atoms with E-state index in [9.17, 15) is 5.11 Å². The summed E-state index contributed by atoms with van der Waals surface area (Å²) in [4.78, 5) is 2.24. The molecule has 1 aromatic carbocycles. The Balaban J connectivity index is 1.67. The van der Waals surface area contributed by atoms with Crippen LogP contribution in [0.3, 0.4) is 0 Å². The van der Waals surface area contributed by atoms with Gasteiger partial charge < -0.3 is 14.7 Å². The van der Waals surface area contributed by atoms with E-state index in [0.29, 0.717) is 5.92 Å². The zero-order valence-corrected chi connectivity index (χ0v) is 12.0. The minimum atomic E-state index is -0.123. The van der Waals surface area contributed by atoms with Gasteiger partial charge in [-0.3, -0.25) is 0 Å². The number of aliphatic hydroxyl groups is 1. The average molecular weight is 263 g/mol. The van der Waals surface area contributed by atoms with Gasteiger partial charge in [0.1, 0.15) is 5.75 Å². The molecule has 19 heavy (non-hydrogen) atoms. The fraction of sp³-hybridized carbons (Fsp3) is 0.625. The number of hydrogen-bond donors (Lipinski definition) is 1. The highest BCUT2D eigenvalue weighted by atomic mass is 16.5. The summed E-state index contributed by atoms with van der Waals surface area (Å²) in [6.07, 6.45) is 4.46. The van der Waals surface area contributed by atoms with E-state index >= 15 is 0 Å². The van der Waals surface area contributed by atoms with Crippen LogP contribution in [0.2, 0.25) is 0 Å². The van der Waals surface area contributed by atoms with Crippen LogP contribution in [0.4, 0.5) is 0 Å². The van der Waals surface area contributed by atoms with Gasteiger partial charge in [-0.05, 0) is 62.9 Å². The van der Waals surface area contributed by atoms with E-state index in [4.69, 9.17) is 4.74 Å². The molecule has 0 aliphatic heterocycles. The summed E-state index contributed by atoms with van der Waals surface area (Å²) in [6, 6.07) is 8.25. The van der Waals surface area contributed by atoms with Crippen LogP contribution in [-0.2, 0) is 6.42 Å². The van der Waals surface area contributed by atoms with Crippen molar-refractivity contribution in [3.63, 3.8) is 0 Å². The number of benzene rings is 1. The Morgan fingerprint density at radius 2 is 2.21 bits per heavy atom. The first-order valence-electron chi connectivity index (χ1n) is 7.18. The number of ether oxygens (including phenoxy) is 1. The second kappa shape index (κ2) is 6.92. The summed E-state index contributed by atoms with van der Waals surface area (Å²) in [5, 5.41) is 9.89. The van der Waals surface area contributed by atoms with E-state index in [1.165, 1.54) is 18.4 Å². The van der Waals surface area contributed by atoms with E-state index in [2.05, 4.69) is 24.1 Å². The molecule has 1 unspecified atom stereocenters. The van der Waals surface area contributed by atoms with E-state index in [-0.39, 0.29) is 6.10 Å². The van der Waals surface area contributed by atoms with Gasteiger partial charge in [0.2, 0.25) is 0 Å². The van der Waals surface area contributed by atoms with Gasteiger partial charge in [-0.1, -0.05) is 12.1 Å². The predicted octanol–water partition coefficient (Wildman–Crippen LogP) is 2.33. The third-order valence-corrected chi connectivity index (χ3v) is 3.80. The van der Waals surface area contributed by atoms with E-state index in [1.54, 1.807) is 7.11 Å². The minimum absolute atomic E-state index is 0.123. The molecular weight excluding hydrogens is 238 g/mol. The quantitative estimate of drug-likeness (QED) is 0.781. The highest BCUT2D eigenvalue weighted by Crippen LogP contribution is 2.32. The van der Waals surface area contributed by atoms with Crippen LogP contribution < -0.4 is 4.74 Å². The first kappa shape index (κ1) is 14.4. The Hall–Kier alpha value is -1.06. The SMILES string of the molecule is COc1cccc(CCCN(C)CC(O)C2CC2)c1. The van der Waals surface area contributed by atoms with Gasteiger partial charge in [0.15, 0.2) is 0 Å². The molecule has 1 atom stereocenters. The average Bonchev–Trinajstić information content (AvgIpc) is 3.23. The summed E-state index contributed by atoms with van der Waals surface area (Å²) in [6.45, 7) is 1.84. The van der Waals surface area contributed by atoms with Crippen LogP contribution in [0.25, 0.3) is 0 Å². The van der Waals surface area contributed by atoms with Gasteiger partial charge >= 0.3 is 0 Å². The van der Waals surface area contributed by atoms with E-state index in [0.717, 1.165) is 31.7 Å². The van der Waals surface area contributed by atoms with Gasteiger partial charge in [-0.2, -0.15) is 0 Å². The maximum absolute atomic E-state index is 9.89. The molecule has 1 N–H and O–H groups in total. The molecule has 2 rings (SSSR count). The van der Waals surface area contributed by atoms with E-state index < -0.39 is 0 Å². The highest BCUT2D eigenvalue weighted by molar-refractivity contribution is 5.28. The fourth-order valence-electron chi connectivity index (χ4n) is 2.42. The van der Waals surface area contributed by atoms with Crippen LogP contribution in [-0.4, -0.2) is 43.4 Å². The topological polar surface area (TPSA) is 32.7 Å². The monoisotopic (exact) mass is 263 g/mol. The molecule has 3 nitrogen and oxygen atoms in total. The Labute approximate surface area is 116 Å². The van der Waals surface area contributed by atoms with Crippen molar-refractivity contribution in [3.05, 3.63) is 29.8 Å². The minimum Gasteiger partial charge on any atom is -0.497 e. The molecular formula is C16H25NO2. The zero-order chi connectivity index (χ0) is 13.7. The van der Waals surface area contributed by atoms with Crippen molar-refractivity contribution in [1.29, 1.82) is 0 Å². The molecule has 1 fully saturated rings. The lowest BCUT2D eigenvalue weighted by molar-refractivity contribution is 0.106. The van der Waals surface area contributed by atoms with Gasteiger partial charge in [-0.25, -0.2) is 0 Å². The van der Waals surface area contributed by atoms with Crippen LogP contribution >= 0.6 is 0 Å². The Kier molecular flexibility index (Phi) is 5.23. The van der Waals surface area contributed by atoms with Gasteiger partial charge in [0.05, 0.1) is 13.2 Å². The van der Waals surface area contributed by atoms with Crippen LogP contribution in [0.5, 0.6) is 5.75 Å². The molecule has 106 valence electrons. The standard InChI is InChI=1S/C16H25NO2/c1-17(12-16(18)14-8-9-14)10-4-6-13-5-3-7-15(11-13)19-2/h3,5,7,11,14,16,18H,4,6,8-10,12H2,1-2H3. The molecule has 0 bridgehead atoms. The smallest absolute Gasteiger partial charge is 0.119 e. The number of methoxy groups -OCH3 is 1. The van der Waals surface area contributed by atoms with Crippen molar-refractivity contribution in [2.45, 2.75) is 31.8 Å². The summed E-state index contributed by atoms with van der Waals surface area (Å²) in [5.74, 6) is 1.50. The number of hydrogen-bond acceptors (Lipinski definition) is 3. The molecule has 0 aromatic heterocycles. The van der Waals surface area contributed by atoms with Crippen molar-refractivity contribution in [2.75, 3.05) is 27.2 Å². The van der Waals surface area contributed by atoms with Gasteiger partial charge in [0, 0.05) is 6.54 Å². The van der Waals surface area contributed by atoms with E-state index in [1.807, 2.05) is 12.1 Å². The van der Waals surface area contributed by atoms with Crippen molar-refractivity contribution in [2.24, 2.45) is 5.92 Å². The summed E-state index contributed by atoms with van der Waals surface area (Å²) in [5.41, 5.74) is 1.32. The van der Waals surface area contributed by atoms with Gasteiger partial charge in [0.25, 0.3) is 0 Å². The third-order valence-electron chi connectivity index (χ3n) is 3.80. The Morgan fingerprint density at radius 1 is 1.42 bits per heavy atom. The van der Waals surface area contributed by atoms with Crippen LogP contribution in [0.15, 0.2) is 24.3 Å². The van der Waals surface area contributed by atoms with Crippen molar-refractivity contribution in [1.82, 2.24) is 4.90 Å². The largest absolute Gasteiger partial charge is 0.497 e. The molecule has 0 amide bonds. The molecule has 1 saturated carbocycles. The first-order chi connectivity index (χ1) is 9.19. The third kappa shape index (κ3) is 4.84. The number of aryl methyl sites for hydroxylation is 1. The molecule has 0 heterocycles. The van der Waals surface area contributed by atoms with Gasteiger partial charge in [-0.15, -0.1) is 0 Å². The summed E-state index contributed by atoms with van der Waals surface area (Å²) < 4.78 is 5.22. The normalized spacial score (nSPS) is 16.6. The summed E-state index contributed by atoms with van der Waals surface area (Å²) >= 11 is 0. The molecule has 1 aliphatic rings. The molecule has 1 aliphatic carbocycles. The maximum Gasteiger partial charge on any atom is 0.119 e. The molecule has 0 radical (unpaired) electrons. The number of aliphatic hydroxyl groups excluding tert-OH is 1. The molecule has 1 aromatic rings. The lowest BCUT2D eigenvalue weighted by atomic mass is 10.1. The lowest BCUT2D eigenvalue weighted by Gasteiger charge is -2.20. The lowest BCUT2D eigenvalue weighted by Crippen LogP contribution is -2.31. The second-order valence-electron chi connectivity index (χ2n) is 5.62. The number of nitrogens with zero attached hydrogens (tertiary/aromatic N) is 1. The maximum atomic E-state index is 9.89. The number of rotatable bonds is 8. The summed E-state index contributed by atoms with van der Waals surface area (Å²) in [7, 11) is 3.79. The van der Waals surface area contributed by atoms with Crippen LogP contribution in [0, 0.1) is 5.92 Å². The molecule has 0 spiro atoms. The second-order valence-corrected chi connectivity index (χ2v) is 5.62. The zero-order valence-electron chi connectivity index (χ0n) is 12.0. The predicted molar refractivity (Wildman–Crippen MR) is 77.5 cm³/mol. The first-order valence-corrected chi connectivity index (χ1v) is 7.18.